The molecular formula is C18H24ClN3S. The van der Waals surface area contributed by atoms with Crippen molar-refractivity contribution in [1.82, 2.24) is 9.97 Å². The SMILES string of the molecule is CC1CCc2c(sc3nc(Cl)nc(N4CC(C)CC(C)C4)c23)C1. The molecule has 3 atom stereocenters. The van der Waals surface area contributed by atoms with E-state index in [0.717, 1.165) is 36.1 Å². The van der Waals surface area contributed by atoms with Gasteiger partial charge < -0.3 is 4.90 Å². The van der Waals surface area contributed by atoms with E-state index in [4.69, 9.17) is 11.6 Å². The first kappa shape index (κ1) is 15.6. The third kappa shape index (κ3) is 2.85. The molecule has 0 amide bonds. The van der Waals surface area contributed by atoms with Crippen LogP contribution in [0.2, 0.25) is 5.28 Å². The van der Waals surface area contributed by atoms with Crippen LogP contribution >= 0.6 is 22.9 Å². The topological polar surface area (TPSA) is 29.0 Å². The van der Waals surface area contributed by atoms with E-state index in [1.54, 1.807) is 0 Å². The van der Waals surface area contributed by atoms with Gasteiger partial charge in [-0.1, -0.05) is 20.8 Å². The van der Waals surface area contributed by atoms with Gasteiger partial charge in [-0.2, -0.15) is 4.98 Å². The average molecular weight is 350 g/mol. The van der Waals surface area contributed by atoms with Crippen LogP contribution in [0.4, 0.5) is 5.82 Å². The number of rotatable bonds is 1. The van der Waals surface area contributed by atoms with Crippen molar-refractivity contribution in [2.24, 2.45) is 17.8 Å². The quantitative estimate of drug-likeness (QED) is 0.682. The summed E-state index contributed by atoms with van der Waals surface area (Å²) in [5, 5.41) is 1.69. The summed E-state index contributed by atoms with van der Waals surface area (Å²) in [6, 6.07) is 0. The van der Waals surface area contributed by atoms with Crippen molar-refractivity contribution in [3.8, 4) is 0 Å². The molecule has 3 heterocycles. The van der Waals surface area contributed by atoms with Crippen molar-refractivity contribution in [1.29, 1.82) is 0 Å². The minimum absolute atomic E-state index is 0.394. The number of hydrogen-bond donors (Lipinski definition) is 0. The predicted octanol–water partition coefficient (Wildman–Crippen LogP) is 4.95. The van der Waals surface area contributed by atoms with E-state index in [9.17, 15) is 0 Å². The van der Waals surface area contributed by atoms with Crippen LogP contribution in [0.15, 0.2) is 0 Å². The first-order chi connectivity index (χ1) is 11.0. The van der Waals surface area contributed by atoms with Crippen LogP contribution in [0.25, 0.3) is 10.2 Å². The van der Waals surface area contributed by atoms with Crippen LogP contribution in [0.1, 0.15) is 44.1 Å². The summed E-state index contributed by atoms with van der Waals surface area (Å²) in [5.74, 6) is 3.27. The molecule has 2 aromatic heterocycles. The van der Waals surface area contributed by atoms with Gasteiger partial charge in [0.05, 0.1) is 5.39 Å². The molecule has 0 radical (unpaired) electrons. The fraction of sp³-hybridized carbons (Fsp3) is 0.667. The van der Waals surface area contributed by atoms with E-state index in [1.807, 2.05) is 11.3 Å². The first-order valence-corrected chi connectivity index (χ1v) is 9.93. The maximum Gasteiger partial charge on any atom is 0.225 e. The molecular weight excluding hydrogens is 326 g/mol. The van der Waals surface area contributed by atoms with Gasteiger partial charge in [-0.25, -0.2) is 4.98 Å². The van der Waals surface area contributed by atoms with Crippen LogP contribution in [-0.2, 0) is 12.8 Å². The maximum absolute atomic E-state index is 6.27. The zero-order valence-electron chi connectivity index (χ0n) is 14.1. The lowest BCUT2D eigenvalue weighted by molar-refractivity contribution is 0.356. The Morgan fingerprint density at radius 1 is 1.09 bits per heavy atom. The second kappa shape index (κ2) is 5.89. The highest BCUT2D eigenvalue weighted by atomic mass is 35.5. The van der Waals surface area contributed by atoms with E-state index in [0.29, 0.717) is 17.1 Å². The van der Waals surface area contributed by atoms with Gasteiger partial charge in [0.1, 0.15) is 10.6 Å². The Morgan fingerprint density at radius 3 is 2.57 bits per heavy atom. The van der Waals surface area contributed by atoms with Crippen molar-refractivity contribution < 1.29 is 0 Å². The molecule has 2 aliphatic rings. The molecule has 0 aromatic carbocycles. The predicted molar refractivity (Wildman–Crippen MR) is 98.8 cm³/mol. The van der Waals surface area contributed by atoms with Gasteiger partial charge in [-0.05, 0) is 60.6 Å². The monoisotopic (exact) mass is 349 g/mol. The van der Waals surface area contributed by atoms with Crippen molar-refractivity contribution in [3.63, 3.8) is 0 Å². The zero-order chi connectivity index (χ0) is 16.1. The fourth-order valence-electron chi connectivity index (χ4n) is 4.36. The minimum Gasteiger partial charge on any atom is -0.355 e. The Bertz CT molecular complexity index is 731. The highest BCUT2D eigenvalue weighted by Gasteiger charge is 2.29. The van der Waals surface area contributed by atoms with E-state index >= 15 is 0 Å². The molecule has 1 aliphatic carbocycles. The molecule has 1 fully saturated rings. The second-order valence-corrected chi connectivity index (χ2v) is 9.12. The lowest BCUT2D eigenvalue weighted by atomic mass is 9.88. The van der Waals surface area contributed by atoms with Crippen molar-refractivity contribution in [3.05, 3.63) is 15.7 Å². The number of hydrogen-bond acceptors (Lipinski definition) is 4. The number of nitrogens with zero attached hydrogens (tertiary/aromatic N) is 3. The van der Waals surface area contributed by atoms with Gasteiger partial charge in [0.2, 0.25) is 5.28 Å². The Labute approximate surface area is 147 Å². The van der Waals surface area contributed by atoms with Crippen LogP contribution in [0.3, 0.4) is 0 Å². The highest BCUT2D eigenvalue weighted by molar-refractivity contribution is 7.19. The van der Waals surface area contributed by atoms with Gasteiger partial charge in [-0.15, -0.1) is 11.3 Å². The third-order valence-electron chi connectivity index (χ3n) is 5.28. The first-order valence-electron chi connectivity index (χ1n) is 8.74. The molecule has 0 saturated carbocycles. The standard InChI is InChI=1S/C18H24ClN3S/c1-10-4-5-13-14(7-10)23-17-15(13)16(20-18(19)21-17)22-8-11(2)6-12(3)9-22/h10-12H,4-9H2,1-3H3. The third-order valence-corrected chi connectivity index (χ3v) is 6.59. The van der Waals surface area contributed by atoms with Gasteiger partial charge in [0.15, 0.2) is 0 Å². The molecule has 0 bridgehead atoms. The van der Waals surface area contributed by atoms with E-state index in [1.165, 1.54) is 35.1 Å². The number of fused-ring (bicyclic) bond motifs is 3. The van der Waals surface area contributed by atoms with Crippen molar-refractivity contribution >= 4 is 39.0 Å². The number of piperidine rings is 1. The highest BCUT2D eigenvalue weighted by Crippen LogP contribution is 2.42. The number of aromatic nitrogens is 2. The molecule has 3 unspecified atom stereocenters. The molecule has 1 saturated heterocycles. The summed E-state index contributed by atoms with van der Waals surface area (Å²) in [4.78, 5) is 14.3. The van der Waals surface area contributed by atoms with E-state index < -0.39 is 0 Å². The van der Waals surface area contributed by atoms with Crippen molar-refractivity contribution in [2.75, 3.05) is 18.0 Å². The summed E-state index contributed by atoms with van der Waals surface area (Å²) in [6.45, 7) is 9.18. The minimum atomic E-state index is 0.394. The van der Waals surface area contributed by atoms with Crippen LogP contribution in [0, 0.1) is 17.8 Å². The normalized spacial score (nSPS) is 28.2. The molecule has 5 heteroatoms. The van der Waals surface area contributed by atoms with Crippen LogP contribution in [0.5, 0.6) is 0 Å². The molecule has 0 N–H and O–H groups in total. The van der Waals surface area contributed by atoms with E-state index in [-0.39, 0.29) is 0 Å². The molecule has 124 valence electrons. The lowest BCUT2D eigenvalue weighted by Gasteiger charge is -2.36. The number of aryl methyl sites for hydroxylation is 1. The lowest BCUT2D eigenvalue weighted by Crippen LogP contribution is -2.39. The summed E-state index contributed by atoms with van der Waals surface area (Å²) in [7, 11) is 0. The average Bonchev–Trinajstić information content (AvgIpc) is 2.82. The number of thiophene rings is 1. The molecule has 3 nitrogen and oxygen atoms in total. The summed E-state index contributed by atoms with van der Waals surface area (Å²) in [6.07, 6.45) is 4.92. The fourth-order valence-corrected chi connectivity index (χ4v) is 5.95. The van der Waals surface area contributed by atoms with Gasteiger partial charge >= 0.3 is 0 Å². The second-order valence-electron chi connectivity index (χ2n) is 7.70. The largest absolute Gasteiger partial charge is 0.355 e. The summed E-state index contributed by atoms with van der Waals surface area (Å²) in [5.41, 5.74) is 1.50. The van der Waals surface area contributed by atoms with E-state index in [2.05, 4.69) is 35.6 Å². The molecule has 23 heavy (non-hydrogen) atoms. The molecule has 4 rings (SSSR count). The van der Waals surface area contributed by atoms with Gasteiger partial charge in [0, 0.05) is 18.0 Å². The van der Waals surface area contributed by atoms with Crippen LogP contribution in [-0.4, -0.2) is 23.1 Å². The summed E-state index contributed by atoms with van der Waals surface area (Å²) < 4.78 is 0. The Hall–Kier alpha value is -0.870. The van der Waals surface area contributed by atoms with Crippen molar-refractivity contribution in [2.45, 2.75) is 46.5 Å². The zero-order valence-corrected chi connectivity index (χ0v) is 15.7. The Balaban J connectivity index is 1.85. The maximum atomic E-state index is 6.27. The van der Waals surface area contributed by atoms with Crippen LogP contribution < -0.4 is 4.90 Å². The Morgan fingerprint density at radius 2 is 1.83 bits per heavy atom. The smallest absolute Gasteiger partial charge is 0.225 e. The van der Waals surface area contributed by atoms with Gasteiger partial charge in [0.25, 0.3) is 0 Å². The Kier molecular flexibility index (Phi) is 4.01. The molecule has 2 aromatic rings. The number of halogens is 1. The summed E-state index contributed by atoms with van der Waals surface area (Å²) >= 11 is 8.10. The number of anilines is 1. The van der Waals surface area contributed by atoms with Gasteiger partial charge in [-0.3, -0.25) is 0 Å². The molecule has 1 aliphatic heterocycles. The molecule has 0 spiro atoms.